The maximum atomic E-state index is 13.4. The standard InChI is InChI=1S/C78H145NO18/c1-3-5-7-9-11-13-15-17-19-20-21-22-23-24-25-26-27-28-29-30-31-32-33-34-35-36-37-38-39-40-42-44-46-48-50-52-54-56-66(84)79-61(62(83)55-53-51-49-47-45-43-41-18-16-14-12-10-8-6-4-2)60-92-76-72(90)69(87)74(64(58-81)94-76)97-78-73(91)70(88)75(65(59-82)95-78)96-77-71(89)68(86)67(85)63(57-80)93-77/h15,17,20-21,53,55,61-65,67-78,80-83,85-91H,3-14,16,18-19,22-52,54,56-60H2,1-2H3,(H,79,84)/b17-15-,21-20-,55-53+. The molecule has 3 aliphatic heterocycles. The van der Waals surface area contributed by atoms with Crippen LogP contribution >= 0.6 is 0 Å². The predicted molar refractivity (Wildman–Crippen MR) is 383 cm³/mol. The van der Waals surface area contributed by atoms with Crippen LogP contribution in [0.5, 0.6) is 0 Å². The quantitative estimate of drug-likeness (QED) is 0.0199. The van der Waals surface area contributed by atoms with E-state index in [0.717, 1.165) is 51.4 Å². The van der Waals surface area contributed by atoms with Crippen LogP contribution in [0.15, 0.2) is 36.5 Å². The number of aliphatic hydroxyl groups excluding tert-OH is 11. The number of amides is 1. The van der Waals surface area contributed by atoms with Crippen molar-refractivity contribution < 1.29 is 89.4 Å². The molecule has 17 unspecified atom stereocenters. The molecule has 570 valence electrons. The van der Waals surface area contributed by atoms with Crippen LogP contribution in [0, 0.1) is 0 Å². The van der Waals surface area contributed by atoms with Gasteiger partial charge in [0, 0.05) is 6.42 Å². The van der Waals surface area contributed by atoms with Crippen molar-refractivity contribution in [3.05, 3.63) is 36.5 Å². The minimum absolute atomic E-state index is 0.248. The fourth-order valence-corrected chi connectivity index (χ4v) is 13.5. The smallest absolute Gasteiger partial charge is 0.220 e. The highest BCUT2D eigenvalue weighted by atomic mass is 16.8. The SMILES string of the molecule is CCCCCCC/C=C\C/C=C\CCCCCCCCCCCCCCCCCCCCCCCCCCCC(=O)NC(COC1OC(CO)C(OC2OC(CO)C(OC3OC(CO)C(O)C(O)C3O)C(O)C2O)C(O)C1O)C(O)/C=C/CCCCCCCCCCCCCCC. The third kappa shape index (κ3) is 40.0. The number of ether oxygens (including phenoxy) is 6. The van der Waals surface area contributed by atoms with Crippen LogP contribution in [0.4, 0.5) is 0 Å². The molecule has 0 spiro atoms. The summed E-state index contributed by atoms with van der Waals surface area (Å²) in [6.45, 7) is 1.75. The maximum absolute atomic E-state index is 13.4. The first kappa shape index (κ1) is 89.2. The van der Waals surface area contributed by atoms with Gasteiger partial charge in [0.15, 0.2) is 18.9 Å². The Bertz CT molecular complexity index is 1900. The Morgan fingerprint density at radius 1 is 0.371 bits per heavy atom. The molecule has 0 saturated carbocycles. The van der Waals surface area contributed by atoms with Gasteiger partial charge in [-0.05, 0) is 51.4 Å². The lowest BCUT2D eigenvalue weighted by Crippen LogP contribution is -2.66. The lowest BCUT2D eigenvalue weighted by atomic mass is 9.96. The first-order valence-electron chi connectivity index (χ1n) is 39.7. The number of nitrogens with one attached hydrogen (secondary N) is 1. The molecule has 0 bridgehead atoms. The zero-order chi connectivity index (χ0) is 70.4. The van der Waals surface area contributed by atoms with E-state index >= 15 is 0 Å². The Kier molecular flexibility index (Phi) is 54.6. The van der Waals surface area contributed by atoms with Crippen LogP contribution < -0.4 is 5.32 Å². The zero-order valence-electron chi connectivity index (χ0n) is 60.8. The van der Waals surface area contributed by atoms with Crippen LogP contribution in [0.25, 0.3) is 0 Å². The molecule has 0 aliphatic carbocycles. The molecule has 17 atom stereocenters. The van der Waals surface area contributed by atoms with Gasteiger partial charge in [-0.25, -0.2) is 0 Å². The van der Waals surface area contributed by atoms with E-state index in [9.17, 15) is 61.0 Å². The van der Waals surface area contributed by atoms with E-state index in [1.54, 1.807) is 6.08 Å². The van der Waals surface area contributed by atoms with Gasteiger partial charge in [0.2, 0.25) is 5.91 Å². The molecular formula is C78H145NO18. The van der Waals surface area contributed by atoms with Crippen molar-refractivity contribution in [3.8, 4) is 0 Å². The molecule has 19 heteroatoms. The van der Waals surface area contributed by atoms with E-state index in [2.05, 4.69) is 43.5 Å². The van der Waals surface area contributed by atoms with Crippen LogP contribution in [-0.4, -0.2) is 193 Å². The predicted octanol–water partition coefficient (Wildman–Crippen LogP) is 12.7. The van der Waals surface area contributed by atoms with Gasteiger partial charge in [0.25, 0.3) is 0 Å². The van der Waals surface area contributed by atoms with Gasteiger partial charge in [-0.2, -0.15) is 0 Å². The Morgan fingerprint density at radius 3 is 1.05 bits per heavy atom. The molecular weight excluding hydrogens is 1240 g/mol. The third-order valence-electron chi connectivity index (χ3n) is 19.9. The summed E-state index contributed by atoms with van der Waals surface area (Å²) in [5.41, 5.74) is 0. The van der Waals surface area contributed by atoms with Crippen molar-refractivity contribution in [2.24, 2.45) is 0 Å². The number of hydrogen-bond donors (Lipinski definition) is 12. The number of allylic oxidation sites excluding steroid dienone is 5. The molecule has 1 amide bonds. The fourth-order valence-electron chi connectivity index (χ4n) is 13.5. The highest BCUT2D eigenvalue weighted by Crippen LogP contribution is 2.33. The van der Waals surface area contributed by atoms with Crippen LogP contribution in [0.3, 0.4) is 0 Å². The van der Waals surface area contributed by atoms with Crippen molar-refractivity contribution in [1.82, 2.24) is 5.32 Å². The minimum Gasteiger partial charge on any atom is -0.394 e. The number of hydrogen-bond acceptors (Lipinski definition) is 18. The summed E-state index contributed by atoms with van der Waals surface area (Å²) in [6, 6.07) is -0.971. The summed E-state index contributed by atoms with van der Waals surface area (Å²) in [6.07, 6.45) is 45.8. The van der Waals surface area contributed by atoms with Crippen LogP contribution in [-0.2, 0) is 33.2 Å². The zero-order valence-corrected chi connectivity index (χ0v) is 60.8. The minimum atomic E-state index is -1.98. The van der Waals surface area contributed by atoms with Crippen molar-refractivity contribution in [2.45, 2.75) is 426 Å². The molecule has 0 aromatic rings. The number of carbonyl (C=O) groups is 1. The Morgan fingerprint density at radius 2 is 0.680 bits per heavy atom. The Labute approximate surface area is 587 Å². The van der Waals surface area contributed by atoms with Gasteiger partial charge >= 0.3 is 0 Å². The molecule has 3 saturated heterocycles. The van der Waals surface area contributed by atoms with Gasteiger partial charge in [-0.15, -0.1) is 0 Å². The lowest BCUT2D eigenvalue weighted by molar-refractivity contribution is -0.379. The number of carbonyl (C=O) groups excluding carboxylic acids is 1. The molecule has 0 radical (unpaired) electrons. The molecule has 0 aromatic carbocycles. The molecule has 0 aromatic heterocycles. The van der Waals surface area contributed by atoms with E-state index in [1.165, 1.54) is 244 Å². The van der Waals surface area contributed by atoms with Gasteiger partial charge < -0.3 is 89.9 Å². The maximum Gasteiger partial charge on any atom is 0.220 e. The highest BCUT2D eigenvalue weighted by molar-refractivity contribution is 5.76. The van der Waals surface area contributed by atoms with E-state index in [-0.39, 0.29) is 18.9 Å². The van der Waals surface area contributed by atoms with Crippen molar-refractivity contribution >= 4 is 5.91 Å². The first-order valence-corrected chi connectivity index (χ1v) is 39.7. The van der Waals surface area contributed by atoms with Gasteiger partial charge in [0.1, 0.15) is 73.2 Å². The normalized spacial score (nSPS) is 27.0. The largest absolute Gasteiger partial charge is 0.394 e. The van der Waals surface area contributed by atoms with Crippen LogP contribution in [0.1, 0.15) is 322 Å². The summed E-state index contributed by atoms with van der Waals surface area (Å²) in [4.78, 5) is 13.4. The molecule has 12 N–H and O–H groups in total. The second-order valence-electron chi connectivity index (χ2n) is 28.5. The first-order chi connectivity index (χ1) is 47.3. The van der Waals surface area contributed by atoms with Crippen molar-refractivity contribution in [2.75, 3.05) is 26.4 Å². The molecule has 3 fully saturated rings. The molecule has 3 rings (SSSR count). The summed E-state index contributed by atoms with van der Waals surface area (Å²) < 4.78 is 34.4. The Balaban J connectivity index is 1.31. The summed E-state index contributed by atoms with van der Waals surface area (Å²) in [7, 11) is 0. The second-order valence-corrected chi connectivity index (χ2v) is 28.5. The molecule has 3 heterocycles. The van der Waals surface area contributed by atoms with E-state index in [4.69, 9.17) is 28.4 Å². The number of unbranched alkanes of at least 4 members (excludes halogenated alkanes) is 43. The monoisotopic (exact) mass is 1380 g/mol. The molecule has 97 heavy (non-hydrogen) atoms. The van der Waals surface area contributed by atoms with Crippen molar-refractivity contribution in [1.29, 1.82) is 0 Å². The van der Waals surface area contributed by atoms with Crippen molar-refractivity contribution in [3.63, 3.8) is 0 Å². The summed E-state index contributed by atoms with van der Waals surface area (Å²) >= 11 is 0. The summed E-state index contributed by atoms with van der Waals surface area (Å²) in [5.74, 6) is -0.270. The second kappa shape index (κ2) is 59.4. The molecule has 3 aliphatic rings. The van der Waals surface area contributed by atoms with E-state index < -0.39 is 124 Å². The lowest BCUT2D eigenvalue weighted by Gasteiger charge is -2.48. The van der Waals surface area contributed by atoms with Gasteiger partial charge in [-0.3, -0.25) is 4.79 Å². The highest BCUT2D eigenvalue weighted by Gasteiger charge is 2.53. The fraction of sp³-hybridized carbons (Fsp3) is 0.910. The molecule has 19 nitrogen and oxygen atoms in total. The summed E-state index contributed by atoms with van der Waals surface area (Å²) in [5, 5.41) is 121. The van der Waals surface area contributed by atoms with Crippen LogP contribution in [0.2, 0.25) is 0 Å². The number of rotatable bonds is 63. The topological polar surface area (TPSA) is 307 Å². The third-order valence-corrected chi connectivity index (χ3v) is 19.9. The van der Waals surface area contributed by atoms with Gasteiger partial charge in [0.05, 0.1) is 38.6 Å². The van der Waals surface area contributed by atoms with Gasteiger partial charge in [-0.1, -0.05) is 301 Å². The number of aliphatic hydroxyl groups is 11. The Hall–Kier alpha value is -1.99. The average molecular weight is 1390 g/mol. The van der Waals surface area contributed by atoms with E-state index in [0.29, 0.717) is 6.42 Å². The van der Waals surface area contributed by atoms with E-state index in [1.807, 2.05) is 6.08 Å². The average Bonchev–Trinajstić information content (AvgIpc) is 0.789.